The van der Waals surface area contributed by atoms with Crippen molar-refractivity contribution in [3.8, 4) is 0 Å². The summed E-state index contributed by atoms with van der Waals surface area (Å²) in [6, 6.07) is 2.64. The van der Waals surface area contributed by atoms with Gasteiger partial charge in [0.2, 0.25) is 5.82 Å². The van der Waals surface area contributed by atoms with Gasteiger partial charge in [-0.2, -0.15) is 0 Å². The van der Waals surface area contributed by atoms with E-state index in [2.05, 4.69) is 20.5 Å². The maximum absolute atomic E-state index is 13.6. The lowest BCUT2D eigenvalue weighted by molar-refractivity contribution is 0.0929. The molecule has 0 bridgehead atoms. The largest absolute Gasteiger partial charge is 0.343 e. The summed E-state index contributed by atoms with van der Waals surface area (Å²) in [4.78, 5) is 16.1. The molecule has 1 saturated carbocycles. The highest BCUT2D eigenvalue weighted by Gasteiger charge is 2.28. The SMILES string of the molecule is CC(NC(=O)c1n[nH]c(C2CC2)n1)c1ccc(F)cc1F. The Labute approximate surface area is 119 Å². The van der Waals surface area contributed by atoms with Crippen LogP contribution >= 0.6 is 0 Å². The van der Waals surface area contributed by atoms with Crippen LogP contribution in [0.25, 0.3) is 0 Å². The summed E-state index contributed by atoms with van der Waals surface area (Å²) >= 11 is 0. The van der Waals surface area contributed by atoms with Crippen LogP contribution in [0.1, 0.15) is 53.7 Å². The van der Waals surface area contributed by atoms with Gasteiger partial charge in [-0.05, 0) is 25.8 Å². The van der Waals surface area contributed by atoms with Crippen LogP contribution in [-0.2, 0) is 0 Å². The molecule has 1 aliphatic rings. The van der Waals surface area contributed by atoms with Gasteiger partial charge in [-0.25, -0.2) is 13.8 Å². The molecule has 1 aliphatic carbocycles. The Hall–Kier alpha value is -2.31. The number of aromatic nitrogens is 3. The molecule has 0 radical (unpaired) electrons. The van der Waals surface area contributed by atoms with Crippen LogP contribution in [0.3, 0.4) is 0 Å². The lowest BCUT2D eigenvalue weighted by Crippen LogP contribution is -2.28. The summed E-state index contributed by atoms with van der Waals surface area (Å²) in [5, 5.41) is 9.19. The van der Waals surface area contributed by atoms with E-state index in [1.54, 1.807) is 6.92 Å². The standard InChI is InChI=1S/C14H14F2N4O/c1-7(10-5-4-9(15)6-11(10)16)17-14(21)13-18-12(19-20-13)8-2-3-8/h4-8H,2-3H2,1H3,(H,17,21)(H,18,19,20). The molecular formula is C14H14F2N4O. The number of nitrogens with one attached hydrogen (secondary N) is 2. The van der Waals surface area contributed by atoms with Crippen LogP contribution in [-0.4, -0.2) is 21.1 Å². The first kappa shape index (κ1) is 13.7. The number of aromatic amines is 1. The van der Waals surface area contributed by atoms with Crippen LogP contribution in [0.2, 0.25) is 0 Å². The zero-order valence-corrected chi connectivity index (χ0v) is 11.4. The molecule has 1 aromatic carbocycles. The number of rotatable bonds is 4. The molecule has 2 N–H and O–H groups in total. The summed E-state index contributed by atoms with van der Waals surface area (Å²) in [5.41, 5.74) is 0.211. The first-order valence-corrected chi connectivity index (χ1v) is 6.72. The van der Waals surface area contributed by atoms with Gasteiger partial charge in [-0.15, -0.1) is 5.10 Å². The number of carbonyl (C=O) groups is 1. The van der Waals surface area contributed by atoms with Gasteiger partial charge in [0, 0.05) is 17.5 Å². The number of halogens is 2. The number of hydrogen-bond acceptors (Lipinski definition) is 3. The molecule has 5 nitrogen and oxygen atoms in total. The number of benzene rings is 1. The van der Waals surface area contributed by atoms with Crippen molar-refractivity contribution in [2.24, 2.45) is 0 Å². The van der Waals surface area contributed by atoms with Crippen molar-refractivity contribution in [2.75, 3.05) is 0 Å². The molecule has 0 aliphatic heterocycles. The van der Waals surface area contributed by atoms with E-state index in [0.717, 1.165) is 25.0 Å². The first-order valence-electron chi connectivity index (χ1n) is 6.72. The normalized spacial score (nSPS) is 15.8. The second-order valence-electron chi connectivity index (χ2n) is 5.18. The number of hydrogen-bond donors (Lipinski definition) is 2. The second-order valence-corrected chi connectivity index (χ2v) is 5.18. The van der Waals surface area contributed by atoms with E-state index in [0.29, 0.717) is 11.7 Å². The fraction of sp³-hybridized carbons (Fsp3) is 0.357. The maximum Gasteiger partial charge on any atom is 0.291 e. The van der Waals surface area contributed by atoms with Crippen molar-refractivity contribution in [1.29, 1.82) is 0 Å². The van der Waals surface area contributed by atoms with Gasteiger partial charge in [0.05, 0.1) is 6.04 Å². The summed E-state index contributed by atoms with van der Waals surface area (Å²) in [7, 11) is 0. The lowest BCUT2D eigenvalue weighted by atomic mass is 10.1. The third kappa shape index (κ3) is 2.91. The molecule has 1 atom stereocenters. The van der Waals surface area contributed by atoms with Gasteiger partial charge in [-0.3, -0.25) is 9.89 Å². The minimum atomic E-state index is -0.698. The van der Waals surface area contributed by atoms with Gasteiger partial charge in [0.25, 0.3) is 5.91 Å². The van der Waals surface area contributed by atoms with Gasteiger partial charge >= 0.3 is 0 Å². The van der Waals surface area contributed by atoms with E-state index < -0.39 is 23.6 Å². The third-order valence-electron chi connectivity index (χ3n) is 3.45. The van der Waals surface area contributed by atoms with E-state index in [1.807, 2.05) is 0 Å². The molecule has 2 aromatic rings. The molecule has 110 valence electrons. The second kappa shape index (κ2) is 5.23. The van der Waals surface area contributed by atoms with Crippen LogP contribution in [0.5, 0.6) is 0 Å². The Morgan fingerprint density at radius 2 is 2.19 bits per heavy atom. The highest BCUT2D eigenvalue weighted by Crippen LogP contribution is 2.37. The van der Waals surface area contributed by atoms with Crippen molar-refractivity contribution in [3.63, 3.8) is 0 Å². The average Bonchev–Trinajstić information content (AvgIpc) is 3.16. The molecule has 1 amide bonds. The van der Waals surface area contributed by atoms with Gasteiger partial charge in [0.15, 0.2) is 0 Å². The molecule has 3 rings (SSSR count). The molecule has 21 heavy (non-hydrogen) atoms. The van der Waals surface area contributed by atoms with Crippen molar-refractivity contribution in [1.82, 2.24) is 20.5 Å². The molecule has 1 aromatic heterocycles. The summed E-state index contributed by atoms with van der Waals surface area (Å²) in [6.07, 6.45) is 2.10. The molecule has 0 spiro atoms. The van der Waals surface area contributed by atoms with E-state index in [1.165, 1.54) is 6.07 Å². The third-order valence-corrected chi connectivity index (χ3v) is 3.45. The van der Waals surface area contributed by atoms with Crippen LogP contribution in [0, 0.1) is 11.6 Å². The minimum Gasteiger partial charge on any atom is -0.343 e. The Morgan fingerprint density at radius 1 is 1.43 bits per heavy atom. The van der Waals surface area contributed by atoms with E-state index in [-0.39, 0.29) is 11.4 Å². The number of nitrogens with zero attached hydrogens (tertiary/aromatic N) is 2. The Morgan fingerprint density at radius 3 is 2.86 bits per heavy atom. The molecule has 0 saturated heterocycles. The maximum atomic E-state index is 13.6. The summed E-state index contributed by atoms with van der Waals surface area (Å²) in [6.45, 7) is 1.61. The molecule has 1 fully saturated rings. The van der Waals surface area contributed by atoms with Crippen LogP contribution < -0.4 is 5.32 Å². The highest BCUT2D eigenvalue weighted by molar-refractivity contribution is 5.90. The zero-order chi connectivity index (χ0) is 15.0. The smallest absolute Gasteiger partial charge is 0.291 e. The van der Waals surface area contributed by atoms with Crippen LogP contribution in [0.15, 0.2) is 18.2 Å². The van der Waals surface area contributed by atoms with E-state index in [4.69, 9.17) is 0 Å². The molecule has 1 unspecified atom stereocenters. The van der Waals surface area contributed by atoms with Crippen LogP contribution in [0.4, 0.5) is 8.78 Å². The minimum absolute atomic E-state index is 0.0336. The van der Waals surface area contributed by atoms with Crippen molar-refractivity contribution >= 4 is 5.91 Å². The highest BCUT2D eigenvalue weighted by atomic mass is 19.1. The fourth-order valence-corrected chi connectivity index (χ4v) is 2.11. The number of amides is 1. The first-order chi connectivity index (χ1) is 10.0. The Balaban J connectivity index is 1.70. The van der Waals surface area contributed by atoms with Crippen molar-refractivity contribution in [3.05, 3.63) is 47.0 Å². The quantitative estimate of drug-likeness (QED) is 0.909. The lowest BCUT2D eigenvalue weighted by Gasteiger charge is -2.13. The monoisotopic (exact) mass is 292 g/mol. The van der Waals surface area contributed by atoms with Gasteiger partial charge < -0.3 is 5.32 Å². The molecular weight excluding hydrogens is 278 g/mol. The Bertz CT molecular complexity index is 681. The average molecular weight is 292 g/mol. The van der Waals surface area contributed by atoms with Crippen molar-refractivity contribution < 1.29 is 13.6 Å². The molecule has 1 heterocycles. The predicted molar refractivity (Wildman–Crippen MR) is 70.6 cm³/mol. The number of carbonyl (C=O) groups excluding carboxylic acids is 1. The Kier molecular flexibility index (Phi) is 3.40. The van der Waals surface area contributed by atoms with E-state index >= 15 is 0 Å². The zero-order valence-electron chi connectivity index (χ0n) is 11.4. The topological polar surface area (TPSA) is 70.7 Å². The molecule has 7 heteroatoms. The summed E-state index contributed by atoms with van der Waals surface area (Å²) < 4.78 is 26.5. The van der Waals surface area contributed by atoms with E-state index in [9.17, 15) is 13.6 Å². The summed E-state index contributed by atoms with van der Waals surface area (Å²) in [5.74, 6) is -0.735. The van der Waals surface area contributed by atoms with Gasteiger partial charge in [0.1, 0.15) is 17.5 Å². The van der Waals surface area contributed by atoms with Crippen molar-refractivity contribution in [2.45, 2.75) is 31.7 Å². The fourth-order valence-electron chi connectivity index (χ4n) is 2.11. The predicted octanol–water partition coefficient (Wildman–Crippen LogP) is 2.45. The number of H-pyrrole nitrogens is 1. The van der Waals surface area contributed by atoms with Gasteiger partial charge in [-0.1, -0.05) is 6.07 Å².